The van der Waals surface area contributed by atoms with Gasteiger partial charge >= 0.3 is 5.97 Å². The first-order valence-corrected chi connectivity index (χ1v) is 6.13. The number of carbonyl (C=O) groups is 1. The van der Waals surface area contributed by atoms with Gasteiger partial charge in [-0.25, -0.2) is 9.18 Å². The van der Waals surface area contributed by atoms with Crippen molar-refractivity contribution in [3.8, 4) is 0 Å². The number of carboxylic acids is 1. The fourth-order valence-corrected chi connectivity index (χ4v) is 2.11. The summed E-state index contributed by atoms with van der Waals surface area (Å²) in [6.45, 7) is 0.970. The first-order valence-electron chi connectivity index (χ1n) is 6.13. The summed E-state index contributed by atoms with van der Waals surface area (Å²) in [5.41, 5.74) is 1.61. The zero-order valence-electron chi connectivity index (χ0n) is 11.4. The molecule has 5 nitrogen and oxygen atoms in total. The maximum atomic E-state index is 13.3. The maximum Gasteiger partial charge on any atom is 0.336 e. The molecule has 1 aromatic heterocycles. The van der Waals surface area contributed by atoms with Crippen molar-refractivity contribution in [1.82, 2.24) is 14.7 Å². The summed E-state index contributed by atoms with van der Waals surface area (Å²) in [5, 5.41) is 13.2. The van der Waals surface area contributed by atoms with Gasteiger partial charge in [0.2, 0.25) is 0 Å². The zero-order valence-corrected chi connectivity index (χ0v) is 11.4. The molecule has 6 heteroatoms. The molecule has 2 aromatic rings. The van der Waals surface area contributed by atoms with Gasteiger partial charge in [-0.15, -0.1) is 0 Å². The van der Waals surface area contributed by atoms with Crippen LogP contribution in [-0.4, -0.2) is 32.8 Å². The number of carboxylic acid groups (broad SMARTS) is 1. The number of nitrogens with zero attached hydrogens (tertiary/aromatic N) is 3. The van der Waals surface area contributed by atoms with Gasteiger partial charge in [-0.1, -0.05) is 0 Å². The number of hydrogen-bond acceptors (Lipinski definition) is 3. The van der Waals surface area contributed by atoms with Gasteiger partial charge in [-0.05, 0) is 30.8 Å². The summed E-state index contributed by atoms with van der Waals surface area (Å²) in [6, 6.07) is 3.72. The average molecular weight is 277 g/mol. The SMILES string of the molecule is CN(Cc1cnn(C)c1)Cc1cc(F)ccc1C(=O)O. The monoisotopic (exact) mass is 277 g/mol. The molecule has 1 aromatic carbocycles. The van der Waals surface area contributed by atoms with Crippen molar-refractivity contribution in [3.05, 3.63) is 53.1 Å². The molecule has 1 N–H and O–H groups in total. The van der Waals surface area contributed by atoms with E-state index in [-0.39, 0.29) is 5.56 Å². The van der Waals surface area contributed by atoms with Crippen LogP contribution in [0, 0.1) is 5.82 Å². The van der Waals surface area contributed by atoms with Crippen LogP contribution in [0.5, 0.6) is 0 Å². The second kappa shape index (κ2) is 5.83. The predicted octanol–water partition coefficient (Wildman–Crippen LogP) is 1.89. The number of hydrogen-bond donors (Lipinski definition) is 1. The number of benzene rings is 1. The molecule has 0 amide bonds. The number of rotatable bonds is 5. The van der Waals surface area contributed by atoms with E-state index in [0.29, 0.717) is 18.7 Å². The minimum absolute atomic E-state index is 0.129. The van der Waals surface area contributed by atoms with E-state index in [1.54, 1.807) is 10.9 Å². The summed E-state index contributed by atoms with van der Waals surface area (Å²) in [4.78, 5) is 13.0. The minimum atomic E-state index is -1.05. The van der Waals surface area contributed by atoms with Crippen molar-refractivity contribution >= 4 is 5.97 Å². The fourth-order valence-electron chi connectivity index (χ4n) is 2.11. The van der Waals surface area contributed by atoms with E-state index in [1.807, 2.05) is 25.2 Å². The lowest BCUT2D eigenvalue weighted by Crippen LogP contribution is -2.19. The average Bonchev–Trinajstić information content (AvgIpc) is 2.74. The van der Waals surface area contributed by atoms with Crippen LogP contribution < -0.4 is 0 Å². The van der Waals surface area contributed by atoms with E-state index in [1.165, 1.54) is 12.1 Å². The Bertz CT molecular complexity index is 625. The Hall–Kier alpha value is -2.21. The Morgan fingerprint density at radius 3 is 2.80 bits per heavy atom. The molecule has 0 radical (unpaired) electrons. The Balaban J connectivity index is 2.12. The van der Waals surface area contributed by atoms with E-state index in [9.17, 15) is 9.18 Å². The molecule has 0 aliphatic rings. The van der Waals surface area contributed by atoms with Crippen LogP contribution in [0.4, 0.5) is 4.39 Å². The molecule has 0 saturated heterocycles. The smallest absolute Gasteiger partial charge is 0.336 e. The standard InChI is InChI=1S/C14H16FN3O2/c1-17(7-10-6-16-18(2)8-10)9-11-5-12(15)3-4-13(11)14(19)20/h3-6,8H,7,9H2,1-2H3,(H,19,20). The summed E-state index contributed by atoms with van der Waals surface area (Å²) in [5.74, 6) is -1.48. The normalized spacial score (nSPS) is 11.0. The van der Waals surface area contributed by atoms with Crippen molar-refractivity contribution < 1.29 is 14.3 Å². The van der Waals surface area contributed by atoms with Crippen molar-refractivity contribution in [2.45, 2.75) is 13.1 Å². The summed E-state index contributed by atoms with van der Waals surface area (Å²) in [6.07, 6.45) is 3.64. The highest BCUT2D eigenvalue weighted by Gasteiger charge is 2.13. The third kappa shape index (κ3) is 3.42. The van der Waals surface area contributed by atoms with Gasteiger partial charge in [0.25, 0.3) is 0 Å². The van der Waals surface area contributed by atoms with Gasteiger partial charge < -0.3 is 5.11 Å². The zero-order chi connectivity index (χ0) is 14.7. The molecule has 0 saturated carbocycles. The molecule has 0 spiro atoms. The number of aromatic nitrogens is 2. The van der Waals surface area contributed by atoms with Gasteiger partial charge in [-0.2, -0.15) is 5.10 Å². The van der Waals surface area contributed by atoms with Crippen LogP contribution in [0.1, 0.15) is 21.5 Å². The molecule has 0 fully saturated rings. The lowest BCUT2D eigenvalue weighted by atomic mass is 10.1. The van der Waals surface area contributed by atoms with E-state index in [0.717, 1.165) is 11.6 Å². The molecule has 0 bridgehead atoms. The second-order valence-corrected chi connectivity index (χ2v) is 4.80. The third-order valence-corrected chi connectivity index (χ3v) is 2.95. The molecule has 0 aliphatic carbocycles. The lowest BCUT2D eigenvalue weighted by molar-refractivity contribution is 0.0694. The number of aryl methyl sites for hydroxylation is 1. The van der Waals surface area contributed by atoms with E-state index in [2.05, 4.69) is 5.10 Å². The van der Waals surface area contributed by atoms with Crippen molar-refractivity contribution in [1.29, 1.82) is 0 Å². The van der Waals surface area contributed by atoms with Crippen LogP contribution in [-0.2, 0) is 20.1 Å². The fraction of sp³-hybridized carbons (Fsp3) is 0.286. The van der Waals surface area contributed by atoms with Crippen molar-refractivity contribution in [3.63, 3.8) is 0 Å². The Morgan fingerprint density at radius 2 is 2.20 bits per heavy atom. The molecule has 106 valence electrons. The van der Waals surface area contributed by atoms with Gasteiger partial charge in [-0.3, -0.25) is 9.58 Å². The maximum absolute atomic E-state index is 13.3. The summed E-state index contributed by atoms with van der Waals surface area (Å²) in [7, 11) is 3.68. The molecule has 2 rings (SSSR count). The lowest BCUT2D eigenvalue weighted by Gasteiger charge is -2.17. The highest BCUT2D eigenvalue weighted by Crippen LogP contribution is 2.15. The van der Waals surface area contributed by atoms with E-state index >= 15 is 0 Å². The van der Waals surface area contributed by atoms with Gasteiger partial charge in [0.1, 0.15) is 5.82 Å². The number of aromatic carboxylic acids is 1. The van der Waals surface area contributed by atoms with E-state index < -0.39 is 11.8 Å². The minimum Gasteiger partial charge on any atom is -0.478 e. The quantitative estimate of drug-likeness (QED) is 0.906. The molecular formula is C14H16FN3O2. The summed E-state index contributed by atoms with van der Waals surface area (Å²) >= 11 is 0. The highest BCUT2D eigenvalue weighted by atomic mass is 19.1. The molecular weight excluding hydrogens is 261 g/mol. The Morgan fingerprint density at radius 1 is 1.45 bits per heavy atom. The largest absolute Gasteiger partial charge is 0.478 e. The Labute approximate surface area is 116 Å². The third-order valence-electron chi connectivity index (χ3n) is 2.95. The van der Waals surface area contributed by atoms with Crippen LogP contribution in [0.2, 0.25) is 0 Å². The van der Waals surface area contributed by atoms with Crippen LogP contribution in [0.3, 0.4) is 0 Å². The van der Waals surface area contributed by atoms with Gasteiger partial charge in [0.15, 0.2) is 0 Å². The molecule has 0 unspecified atom stereocenters. The summed E-state index contributed by atoms with van der Waals surface area (Å²) < 4.78 is 15.0. The van der Waals surface area contributed by atoms with Crippen molar-refractivity contribution in [2.75, 3.05) is 7.05 Å². The highest BCUT2D eigenvalue weighted by molar-refractivity contribution is 5.89. The van der Waals surface area contributed by atoms with Gasteiger partial charge in [0.05, 0.1) is 11.8 Å². The molecule has 20 heavy (non-hydrogen) atoms. The van der Waals surface area contributed by atoms with Crippen LogP contribution >= 0.6 is 0 Å². The van der Waals surface area contributed by atoms with Crippen LogP contribution in [0.15, 0.2) is 30.6 Å². The number of halogens is 1. The molecule has 0 atom stereocenters. The predicted molar refractivity (Wildman–Crippen MR) is 71.7 cm³/mol. The first kappa shape index (κ1) is 14.2. The molecule has 0 aliphatic heterocycles. The Kier molecular flexibility index (Phi) is 4.14. The molecule has 1 heterocycles. The van der Waals surface area contributed by atoms with Crippen molar-refractivity contribution in [2.24, 2.45) is 7.05 Å². The van der Waals surface area contributed by atoms with Gasteiger partial charge in [0, 0.05) is 31.9 Å². The van der Waals surface area contributed by atoms with Crippen LogP contribution in [0.25, 0.3) is 0 Å². The second-order valence-electron chi connectivity index (χ2n) is 4.80. The van der Waals surface area contributed by atoms with E-state index in [4.69, 9.17) is 5.11 Å². The first-order chi connectivity index (χ1) is 9.45. The topological polar surface area (TPSA) is 58.4 Å².